The summed E-state index contributed by atoms with van der Waals surface area (Å²) in [4.78, 5) is 11.2. The number of rotatable bonds is 5. The highest BCUT2D eigenvalue weighted by molar-refractivity contribution is 5.84. The summed E-state index contributed by atoms with van der Waals surface area (Å²) in [6.45, 7) is 1.92. The summed E-state index contributed by atoms with van der Waals surface area (Å²) in [5.41, 5.74) is 4.43. The van der Waals surface area contributed by atoms with Crippen molar-refractivity contribution in [3.63, 3.8) is 0 Å². The van der Waals surface area contributed by atoms with Crippen molar-refractivity contribution in [2.45, 2.75) is 12.5 Å². The van der Waals surface area contributed by atoms with Crippen LogP contribution in [0.4, 0.5) is 0 Å². The fourth-order valence-corrected chi connectivity index (χ4v) is 1.01. The van der Waals surface area contributed by atoms with Crippen LogP contribution in [0.15, 0.2) is 30.3 Å². The van der Waals surface area contributed by atoms with E-state index in [9.17, 15) is 4.79 Å². The fraction of sp³-hybridized carbons (Fsp3) is 0.364. The first-order chi connectivity index (χ1) is 7.08. The van der Waals surface area contributed by atoms with Crippen molar-refractivity contribution < 1.29 is 9.53 Å². The van der Waals surface area contributed by atoms with Gasteiger partial charge < -0.3 is 15.8 Å². The molecule has 0 saturated carbocycles. The molecule has 4 nitrogen and oxygen atoms in total. The normalized spacial score (nSPS) is 14.3. The summed E-state index contributed by atoms with van der Waals surface area (Å²) in [6, 6.07) is 9.30. The van der Waals surface area contributed by atoms with E-state index >= 15 is 0 Å². The number of nitrogens with two attached hydrogens (primary N) is 1. The summed E-state index contributed by atoms with van der Waals surface area (Å²) in [5, 5.41) is 2.85. The Bertz CT molecular complexity index is 327. The number of para-hydroxylation sites is 1. The number of benzene rings is 1. The molecule has 1 unspecified atom stereocenters. The molecule has 0 bridgehead atoms. The molecule has 82 valence electrons. The summed E-state index contributed by atoms with van der Waals surface area (Å²) >= 11 is 0. The number of primary amides is 1. The van der Waals surface area contributed by atoms with Crippen LogP contribution in [0.1, 0.15) is 6.92 Å². The molecule has 0 spiro atoms. The van der Waals surface area contributed by atoms with Crippen LogP contribution in [0.2, 0.25) is 0 Å². The Kier molecular flexibility index (Phi) is 3.68. The van der Waals surface area contributed by atoms with Gasteiger partial charge in [0.05, 0.1) is 0 Å². The third kappa shape index (κ3) is 2.95. The highest BCUT2D eigenvalue weighted by Crippen LogP contribution is 2.11. The summed E-state index contributed by atoms with van der Waals surface area (Å²) in [5.74, 6) is 0.293. The van der Waals surface area contributed by atoms with Crippen molar-refractivity contribution >= 4 is 5.91 Å². The van der Waals surface area contributed by atoms with Gasteiger partial charge in [0.25, 0.3) is 0 Å². The molecule has 1 rings (SSSR count). The van der Waals surface area contributed by atoms with Crippen molar-refractivity contribution in [1.82, 2.24) is 5.32 Å². The molecule has 0 aliphatic rings. The van der Waals surface area contributed by atoms with Crippen LogP contribution in [-0.4, -0.2) is 25.1 Å². The zero-order valence-corrected chi connectivity index (χ0v) is 8.99. The van der Waals surface area contributed by atoms with E-state index in [0.29, 0.717) is 0 Å². The molecule has 0 saturated heterocycles. The van der Waals surface area contributed by atoms with E-state index in [2.05, 4.69) is 5.32 Å². The lowest BCUT2D eigenvalue weighted by Gasteiger charge is -2.25. The Balaban J connectivity index is 2.59. The van der Waals surface area contributed by atoms with Crippen molar-refractivity contribution in [2.24, 2.45) is 5.73 Å². The Morgan fingerprint density at radius 1 is 1.47 bits per heavy atom. The lowest BCUT2D eigenvalue weighted by Crippen LogP contribution is -2.55. The van der Waals surface area contributed by atoms with E-state index < -0.39 is 11.4 Å². The molecule has 1 amide bonds. The molecule has 1 aromatic rings. The minimum atomic E-state index is -0.837. The van der Waals surface area contributed by atoms with Gasteiger partial charge in [-0.1, -0.05) is 18.2 Å². The number of amides is 1. The first kappa shape index (κ1) is 11.5. The summed E-state index contributed by atoms with van der Waals surface area (Å²) in [7, 11) is 1.68. The van der Waals surface area contributed by atoms with Crippen LogP contribution in [-0.2, 0) is 4.79 Å². The third-order valence-electron chi connectivity index (χ3n) is 2.37. The van der Waals surface area contributed by atoms with Crippen LogP contribution in [0, 0.1) is 0 Å². The van der Waals surface area contributed by atoms with Gasteiger partial charge in [0.15, 0.2) is 0 Å². The van der Waals surface area contributed by atoms with E-state index in [1.165, 1.54) is 0 Å². The second-order valence-electron chi connectivity index (χ2n) is 3.55. The fourth-order valence-electron chi connectivity index (χ4n) is 1.01. The minimum absolute atomic E-state index is 0.211. The first-order valence-corrected chi connectivity index (χ1v) is 4.75. The van der Waals surface area contributed by atoms with E-state index in [1.54, 1.807) is 14.0 Å². The smallest absolute Gasteiger partial charge is 0.240 e. The monoisotopic (exact) mass is 208 g/mol. The van der Waals surface area contributed by atoms with Crippen LogP contribution in [0.5, 0.6) is 5.75 Å². The molecule has 1 atom stereocenters. The van der Waals surface area contributed by atoms with Crippen LogP contribution in [0.25, 0.3) is 0 Å². The SMILES string of the molecule is CNC(C)(COc1ccccc1)C(N)=O. The van der Waals surface area contributed by atoms with Crippen LogP contribution in [0.3, 0.4) is 0 Å². The molecule has 0 aliphatic carbocycles. The molecule has 0 aliphatic heterocycles. The molecular weight excluding hydrogens is 192 g/mol. The second kappa shape index (κ2) is 4.79. The maximum absolute atomic E-state index is 11.2. The molecular formula is C11H16N2O2. The zero-order valence-electron chi connectivity index (χ0n) is 8.99. The molecule has 15 heavy (non-hydrogen) atoms. The quantitative estimate of drug-likeness (QED) is 0.741. The number of carbonyl (C=O) groups is 1. The second-order valence-corrected chi connectivity index (χ2v) is 3.55. The van der Waals surface area contributed by atoms with E-state index in [-0.39, 0.29) is 6.61 Å². The summed E-state index contributed by atoms with van der Waals surface area (Å²) in [6.07, 6.45) is 0. The molecule has 0 radical (unpaired) electrons. The average Bonchev–Trinajstić information content (AvgIpc) is 2.27. The largest absolute Gasteiger partial charge is 0.491 e. The van der Waals surface area contributed by atoms with E-state index in [4.69, 9.17) is 10.5 Å². The van der Waals surface area contributed by atoms with E-state index in [0.717, 1.165) is 5.75 Å². The van der Waals surface area contributed by atoms with Crippen molar-refractivity contribution in [2.75, 3.05) is 13.7 Å². The molecule has 4 heteroatoms. The third-order valence-corrected chi connectivity index (χ3v) is 2.37. The predicted octanol–water partition coefficient (Wildman–Crippen LogP) is 0.529. The number of hydrogen-bond acceptors (Lipinski definition) is 3. The first-order valence-electron chi connectivity index (χ1n) is 4.75. The zero-order chi connectivity index (χ0) is 11.3. The van der Waals surface area contributed by atoms with Gasteiger partial charge in [0, 0.05) is 0 Å². The Morgan fingerprint density at radius 3 is 2.53 bits per heavy atom. The number of nitrogens with one attached hydrogen (secondary N) is 1. The van der Waals surface area contributed by atoms with Gasteiger partial charge in [-0.2, -0.15) is 0 Å². The highest BCUT2D eigenvalue weighted by Gasteiger charge is 2.29. The number of carbonyl (C=O) groups excluding carboxylic acids is 1. The lowest BCUT2D eigenvalue weighted by atomic mass is 10.0. The van der Waals surface area contributed by atoms with Gasteiger partial charge in [-0.25, -0.2) is 0 Å². The lowest BCUT2D eigenvalue weighted by molar-refractivity contribution is -0.124. The van der Waals surface area contributed by atoms with Gasteiger partial charge >= 0.3 is 0 Å². The molecule has 0 aromatic heterocycles. The van der Waals surface area contributed by atoms with Gasteiger partial charge in [0.1, 0.15) is 17.9 Å². The number of hydrogen-bond donors (Lipinski definition) is 2. The van der Waals surface area contributed by atoms with Gasteiger partial charge in [-0.05, 0) is 26.1 Å². The predicted molar refractivity (Wildman–Crippen MR) is 58.6 cm³/mol. The number of likely N-dealkylation sites (N-methyl/N-ethyl adjacent to an activating group) is 1. The van der Waals surface area contributed by atoms with Crippen LogP contribution < -0.4 is 15.8 Å². The van der Waals surface area contributed by atoms with Gasteiger partial charge in [0.2, 0.25) is 5.91 Å². The van der Waals surface area contributed by atoms with Crippen molar-refractivity contribution in [3.8, 4) is 5.75 Å². The summed E-state index contributed by atoms with van der Waals surface area (Å²) < 4.78 is 5.46. The maximum atomic E-state index is 11.2. The topological polar surface area (TPSA) is 64.3 Å². The van der Waals surface area contributed by atoms with Crippen LogP contribution >= 0.6 is 0 Å². The highest BCUT2D eigenvalue weighted by atomic mass is 16.5. The van der Waals surface area contributed by atoms with Crippen molar-refractivity contribution in [3.05, 3.63) is 30.3 Å². The Morgan fingerprint density at radius 2 is 2.07 bits per heavy atom. The van der Waals surface area contributed by atoms with E-state index in [1.807, 2.05) is 30.3 Å². The average molecular weight is 208 g/mol. The molecule has 0 heterocycles. The molecule has 1 aromatic carbocycles. The number of ether oxygens (including phenoxy) is 1. The van der Waals surface area contributed by atoms with Gasteiger partial charge in [-0.3, -0.25) is 4.79 Å². The van der Waals surface area contributed by atoms with Gasteiger partial charge in [-0.15, -0.1) is 0 Å². The standard InChI is InChI=1S/C11H16N2O2/c1-11(13-2,10(12)14)8-15-9-6-4-3-5-7-9/h3-7,13H,8H2,1-2H3,(H2,12,14). The molecule has 3 N–H and O–H groups in total. The van der Waals surface area contributed by atoms with Crippen molar-refractivity contribution in [1.29, 1.82) is 0 Å². The minimum Gasteiger partial charge on any atom is -0.491 e. The molecule has 0 fully saturated rings. The Hall–Kier alpha value is -1.55. The Labute approximate surface area is 89.4 Å². The maximum Gasteiger partial charge on any atom is 0.240 e.